The third-order valence-electron chi connectivity index (χ3n) is 4.15. The van der Waals surface area contributed by atoms with Crippen LogP contribution in [0, 0.1) is 0 Å². The third kappa shape index (κ3) is 5.11. The maximum Gasteiger partial charge on any atom is 0.261 e. The summed E-state index contributed by atoms with van der Waals surface area (Å²) in [5.74, 6) is 0.452. The first kappa shape index (κ1) is 21.7. The van der Waals surface area contributed by atoms with Gasteiger partial charge < -0.3 is 14.8 Å². The first-order chi connectivity index (χ1) is 14.3. The van der Waals surface area contributed by atoms with Crippen LogP contribution in [0.15, 0.2) is 76.1 Å². The van der Waals surface area contributed by atoms with Crippen LogP contribution < -0.4 is 19.5 Å². The number of sulfonamides is 1. The van der Waals surface area contributed by atoms with Gasteiger partial charge in [-0.2, -0.15) is 0 Å². The molecule has 0 saturated carbocycles. The van der Waals surface area contributed by atoms with Gasteiger partial charge in [-0.3, -0.25) is 9.52 Å². The first-order valence-electron chi connectivity index (χ1n) is 8.74. The molecule has 2 N–H and O–H groups in total. The van der Waals surface area contributed by atoms with Gasteiger partial charge in [0.05, 0.1) is 24.7 Å². The van der Waals surface area contributed by atoms with Crippen molar-refractivity contribution in [3.8, 4) is 11.5 Å². The van der Waals surface area contributed by atoms with Crippen LogP contribution in [0.2, 0.25) is 0 Å². The molecule has 0 unspecified atom stereocenters. The number of halogens is 1. The van der Waals surface area contributed by atoms with E-state index in [1.54, 1.807) is 54.6 Å². The number of hydrogen-bond donors (Lipinski definition) is 2. The summed E-state index contributed by atoms with van der Waals surface area (Å²) in [4.78, 5) is 12.7. The van der Waals surface area contributed by atoms with E-state index < -0.39 is 15.9 Å². The molecule has 156 valence electrons. The number of hydrogen-bond acceptors (Lipinski definition) is 5. The number of anilines is 2. The van der Waals surface area contributed by atoms with E-state index in [1.807, 2.05) is 0 Å². The van der Waals surface area contributed by atoms with Crippen molar-refractivity contribution >= 4 is 43.2 Å². The summed E-state index contributed by atoms with van der Waals surface area (Å²) < 4.78 is 39.1. The van der Waals surface area contributed by atoms with Gasteiger partial charge in [0.15, 0.2) is 0 Å². The molecular formula is C21H19BrN2O5S. The molecule has 0 aliphatic heterocycles. The molecule has 3 aromatic rings. The molecule has 9 heteroatoms. The summed E-state index contributed by atoms with van der Waals surface area (Å²) in [6, 6.07) is 17.5. The van der Waals surface area contributed by atoms with E-state index in [0.29, 0.717) is 28.4 Å². The van der Waals surface area contributed by atoms with Gasteiger partial charge in [-0.15, -0.1) is 0 Å². The van der Waals surface area contributed by atoms with E-state index in [1.165, 1.54) is 26.4 Å². The van der Waals surface area contributed by atoms with Crippen molar-refractivity contribution < 1.29 is 22.7 Å². The molecule has 0 atom stereocenters. The molecule has 0 aromatic heterocycles. The number of ether oxygens (including phenoxy) is 2. The molecule has 30 heavy (non-hydrogen) atoms. The van der Waals surface area contributed by atoms with Crippen LogP contribution in [-0.2, 0) is 10.0 Å². The van der Waals surface area contributed by atoms with E-state index >= 15 is 0 Å². The van der Waals surface area contributed by atoms with Crippen LogP contribution >= 0.6 is 15.9 Å². The maximum absolute atomic E-state index is 12.7. The number of benzene rings is 3. The predicted octanol–water partition coefficient (Wildman–Crippen LogP) is 4.52. The van der Waals surface area contributed by atoms with Crippen molar-refractivity contribution in [2.24, 2.45) is 0 Å². The highest BCUT2D eigenvalue weighted by molar-refractivity contribution is 9.10. The Kier molecular flexibility index (Phi) is 6.63. The lowest BCUT2D eigenvalue weighted by atomic mass is 10.1. The van der Waals surface area contributed by atoms with Gasteiger partial charge in [-0.25, -0.2) is 8.42 Å². The molecule has 0 fully saturated rings. The highest BCUT2D eigenvalue weighted by atomic mass is 79.9. The van der Waals surface area contributed by atoms with Crippen LogP contribution in [0.3, 0.4) is 0 Å². The number of carbonyl (C=O) groups is 1. The van der Waals surface area contributed by atoms with Crippen molar-refractivity contribution in [3.63, 3.8) is 0 Å². The predicted molar refractivity (Wildman–Crippen MR) is 119 cm³/mol. The molecule has 0 spiro atoms. The van der Waals surface area contributed by atoms with E-state index in [9.17, 15) is 13.2 Å². The zero-order chi connectivity index (χ0) is 21.7. The van der Waals surface area contributed by atoms with Crippen LogP contribution in [-0.4, -0.2) is 28.5 Å². The number of rotatable bonds is 7. The molecule has 3 aromatic carbocycles. The monoisotopic (exact) mass is 490 g/mol. The van der Waals surface area contributed by atoms with Crippen molar-refractivity contribution in [2.75, 3.05) is 24.3 Å². The molecule has 0 aliphatic rings. The van der Waals surface area contributed by atoms with Crippen molar-refractivity contribution in [1.29, 1.82) is 0 Å². The fraction of sp³-hybridized carbons (Fsp3) is 0.0952. The Labute approximate surface area is 183 Å². The van der Waals surface area contributed by atoms with Crippen LogP contribution in [0.1, 0.15) is 10.4 Å². The fourth-order valence-corrected chi connectivity index (χ4v) is 4.03. The van der Waals surface area contributed by atoms with Crippen molar-refractivity contribution in [3.05, 3.63) is 76.8 Å². The normalized spacial score (nSPS) is 10.9. The maximum atomic E-state index is 12.7. The minimum Gasteiger partial charge on any atom is -0.497 e. The third-order valence-corrected chi connectivity index (χ3v) is 6.06. The molecule has 0 aliphatic carbocycles. The topological polar surface area (TPSA) is 93.7 Å². The number of methoxy groups -OCH3 is 2. The Balaban J connectivity index is 1.81. The van der Waals surface area contributed by atoms with Gasteiger partial charge in [0.1, 0.15) is 11.5 Å². The Morgan fingerprint density at radius 1 is 0.900 bits per heavy atom. The fourth-order valence-electron chi connectivity index (χ4n) is 2.66. The lowest BCUT2D eigenvalue weighted by Gasteiger charge is -2.12. The highest BCUT2D eigenvalue weighted by Crippen LogP contribution is 2.26. The summed E-state index contributed by atoms with van der Waals surface area (Å²) in [6.07, 6.45) is 0. The van der Waals surface area contributed by atoms with E-state index in [-0.39, 0.29) is 4.90 Å². The van der Waals surface area contributed by atoms with Crippen LogP contribution in [0.25, 0.3) is 0 Å². The summed E-state index contributed by atoms with van der Waals surface area (Å²) >= 11 is 3.31. The van der Waals surface area contributed by atoms with Gasteiger partial charge in [0, 0.05) is 21.9 Å². The summed E-state index contributed by atoms with van der Waals surface area (Å²) in [5, 5.41) is 2.70. The largest absolute Gasteiger partial charge is 0.497 e. The van der Waals surface area contributed by atoms with Crippen molar-refractivity contribution in [1.82, 2.24) is 0 Å². The lowest BCUT2D eigenvalue weighted by Crippen LogP contribution is -2.15. The molecule has 0 heterocycles. The average molecular weight is 491 g/mol. The number of amides is 1. The molecular weight excluding hydrogens is 472 g/mol. The lowest BCUT2D eigenvalue weighted by molar-refractivity contribution is 0.102. The van der Waals surface area contributed by atoms with Gasteiger partial charge >= 0.3 is 0 Å². The van der Waals surface area contributed by atoms with Gasteiger partial charge in [-0.1, -0.05) is 22.0 Å². The standard InChI is InChI=1S/C21H19BrN2O5S/c1-28-17-10-11-19(20(13-17)29-2)21(25)23-16-4-3-5-18(12-16)30(26,27)24-15-8-6-14(22)7-9-15/h3-13,24H,1-2H3,(H,23,25). The SMILES string of the molecule is COc1ccc(C(=O)Nc2cccc(S(=O)(=O)Nc3ccc(Br)cc3)c2)c(OC)c1. The quantitative estimate of drug-likeness (QED) is 0.507. The van der Waals surface area contributed by atoms with E-state index in [2.05, 4.69) is 26.0 Å². The minimum absolute atomic E-state index is 0.0184. The molecule has 1 amide bonds. The zero-order valence-electron chi connectivity index (χ0n) is 16.2. The first-order valence-corrected chi connectivity index (χ1v) is 11.0. The second-order valence-corrected chi connectivity index (χ2v) is 8.76. The van der Waals surface area contributed by atoms with Crippen LogP contribution in [0.5, 0.6) is 11.5 Å². The molecule has 7 nitrogen and oxygen atoms in total. The Morgan fingerprint density at radius 2 is 1.63 bits per heavy atom. The average Bonchev–Trinajstić information content (AvgIpc) is 2.75. The van der Waals surface area contributed by atoms with Gasteiger partial charge in [-0.05, 0) is 54.6 Å². The van der Waals surface area contributed by atoms with E-state index in [4.69, 9.17) is 9.47 Å². The Bertz CT molecular complexity index is 1160. The minimum atomic E-state index is -3.83. The molecule has 3 rings (SSSR count). The summed E-state index contributed by atoms with van der Waals surface area (Å²) in [5.41, 5.74) is 1.05. The van der Waals surface area contributed by atoms with Crippen LogP contribution in [0.4, 0.5) is 11.4 Å². The van der Waals surface area contributed by atoms with Gasteiger partial charge in [0.2, 0.25) is 0 Å². The summed E-state index contributed by atoms with van der Waals surface area (Å²) in [6.45, 7) is 0. The second-order valence-electron chi connectivity index (χ2n) is 6.16. The smallest absolute Gasteiger partial charge is 0.261 e. The second kappa shape index (κ2) is 9.19. The number of nitrogens with one attached hydrogen (secondary N) is 2. The Morgan fingerprint density at radius 3 is 2.30 bits per heavy atom. The zero-order valence-corrected chi connectivity index (χ0v) is 18.6. The van der Waals surface area contributed by atoms with Crippen molar-refractivity contribution in [2.45, 2.75) is 4.90 Å². The molecule has 0 bridgehead atoms. The Hall–Kier alpha value is -3.04. The summed E-state index contributed by atoms with van der Waals surface area (Å²) in [7, 11) is -0.861. The molecule has 0 radical (unpaired) electrons. The highest BCUT2D eigenvalue weighted by Gasteiger charge is 2.17. The van der Waals surface area contributed by atoms with Gasteiger partial charge in [0.25, 0.3) is 15.9 Å². The van der Waals surface area contributed by atoms with E-state index in [0.717, 1.165) is 4.47 Å². The number of carbonyl (C=O) groups excluding carboxylic acids is 1. The molecule has 0 saturated heterocycles.